The lowest BCUT2D eigenvalue weighted by Gasteiger charge is -2.30. The number of nitrogens with zero attached hydrogens (tertiary/aromatic N) is 3. The molecule has 4 amide bonds. The van der Waals surface area contributed by atoms with E-state index in [0.29, 0.717) is 31.7 Å². The summed E-state index contributed by atoms with van der Waals surface area (Å²) in [6, 6.07) is 10.4. The maximum Gasteiger partial charge on any atom is 0.416 e. The smallest absolute Gasteiger partial charge is 0.416 e. The van der Waals surface area contributed by atoms with E-state index in [9.17, 15) is 27.6 Å². The van der Waals surface area contributed by atoms with Crippen LogP contribution in [-0.2, 0) is 30.5 Å². The van der Waals surface area contributed by atoms with E-state index < -0.39 is 23.7 Å². The Labute approximate surface area is 219 Å². The number of urea groups is 1. The van der Waals surface area contributed by atoms with Gasteiger partial charge in [0.25, 0.3) is 0 Å². The van der Waals surface area contributed by atoms with Crippen LogP contribution in [0.4, 0.5) is 28.4 Å². The molecule has 0 radical (unpaired) electrons. The third-order valence-corrected chi connectivity index (χ3v) is 6.38. The molecule has 0 saturated heterocycles. The number of amides is 4. The number of hydrogen-bond donors (Lipinski definition) is 3. The first-order chi connectivity index (χ1) is 18.0. The normalized spacial score (nSPS) is 12.9. The van der Waals surface area contributed by atoms with Crippen LogP contribution in [0.15, 0.2) is 42.5 Å². The summed E-state index contributed by atoms with van der Waals surface area (Å²) >= 11 is 0. The summed E-state index contributed by atoms with van der Waals surface area (Å²) in [4.78, 5) is 40.5. The first-order valence-corrected chi connectivity index (χ1v) is 12.3. The summed E-state index contributed by atoms with van der Waals surface area (Å²) in [5.41, 5.74) is 1.71. The molecule has 3 rings (SSSR count). The SMILES string of the molecule is CCNC(=O)N1CCc2c(cccc2NCC(=O)N(CCN(C)C(=O)O)Cc2ccccc2C(F)(F)F)C1. The minimum atomic E-state index is -4.59. The van der Waals surface area contributed by atoms with E-state index in [1.165, 1.54) is 30.1 Å². The Kier molecular flexibility index (Phi) is 9.43. The van der Waals surface area contributed by atoms with Crippen molar-refractivity contribution < 1.29 is 32.7 Å². The molecule has 0 unspecified atom stereocenters. The quantitative estimate of drug-likeness (QED) is 0.453. The van der Waals surface area contributed by atoms with Gasteiger partial charge in [0.1, 0.15) is 0 Å². The zero-order valence-corrected chi connectivity index (χ0v) is 21.3. The van der Waals surface area contributed by atoms with Gasteiger partial charge in [-0.05, 0) is 42.2 Å². The fraction of sp³-hybridized carbons (Fsp3) is 0.423. The number of carbonyl (C=O) groups is 3. The second-order valence-electron chi connectivity index (χ2n) is 8.98. The molecule has 12 heteroatoms. The largest absolute Gasteiger partial charge is 0.465 e. The summed E-state index contributed by atoms with van der Waals surface area (Å²) in [6.07, 6.45) is -5.22. The molecular weight excluding hydrogens is 503 g/mol. The number of halogens is 3. The second-order valence-corrected chi connectivity index (χ2v) is 8.98. The standard InChI is InChI=1S/C26H32F3N5O4/c1-3-30-24(36)34-12-11-20-18(16-34)8-6-10-22(20)31-15-23(35)33(14-13-32(2)25(37)38)17-19-7-4-5-9-21(19)26(27,28)29/h4-10,31H,3,11-17H2,1-2H3,(H,30,36)(H,37,38). The highest BCUT2D eigenvalue weighted by molar-refractivity contribution is 5.81. The lowest BCUT2D eigenvalue weighted by atomic mass is 9.98. The van der Waals surface area contributed by atoms with Gasteiger partial charge in [-0.3, -0.25) is 4.79 Å². The molecule has 0 aliphatic carbocycles. The molecule has 0 bridgehead atoms. The molecule has 1 heterocycles. The first-order valence-electron chi connectivity index (χ1n) is 12.3. The van der Waals surface area contributed by atoms with Gasteiger partial charge in [0.05, 0.1) is 12.1 Å². The van der Waals surface area contributed by atoms with Crippen LogP contribution in [0.1, 0.15) is 29.2 Å². The van der Waals surface area contributed by atoms with E-state index in [2.05, 4.69) is 10.6 Å². The van der Waals surface area contributed by atoms with Crippen molar-refractivity contribution in [3.05, 3.63) is 64.7 Å². The summed E-state index contributed by atoms with van der Waals surface area (Å²) < 4.78 is 40.6. The second kappa shape index (κ2) is 12.5. The van der Waals surface area contributed by atoms with Crippen LogP contribution in [-0.4, -0.2) is 77.6 Å². The summed E-state index contributed by atoms with van der Waals surface area (Å²) in [7, 11) is 1.33. The highest BCUT2D eigenvalue weighted by atomic mass is 19.4. The Morgan fingerprint density at radius 3 is 2.50 bits per heavy atom. The average molecular weight is 536 g/mol. The Morgan fingerprint density at radius 2 is 1.82 bits per heavy atom. The molecule has 2 aromatic carbocycles. The number of likely N-dealkylation sites (N-methyl/N-ethyl adjacent to an activating group) is 1. The van der Waals surface area contributed by atoms with Crippen LogP contribution in [0.5, 0.6) is 0 Å². The van der Waals surface area contributed by atoms with Gasteiger partial charge >= 0.3 is 18.3 Å². The molecule has 0 fully saturated rings. The van der Waals surface area contributed by atoms with Gasteiger partial charge in [-0.1, -0.05) is 30.3 Å². The number of anilines is 1. The highest BCUT2D eigenvalue weighted by Crippen LogP contribution is 2.32. The lowest BCUT2D eigenvalue weighted by Crippen LogP contribution is -2.43. The van der Waals surface area contributed by atoms with Crippen molar-refractivity contribution in [2.45, 2.75) is 32.6 Å². The number of carbonyl (C=O) groups excluding carboxylic acids is 2. The van der Waals surface area contributed by atoms with Crippen molar-refractivity contribution in [1.82, 2.24) is 20.0 Å². The fourth-order valence-electron chi connectivity index (χ4n) is 4.29. The van der Waals surface area contributed by atoms with Crippen LogP contribution >= 0.6 is 0 Å². The maximum absolute atomic E-state index is 13.5. The minimum absolute atomic E-state index is 0.0638. The number of rotatable bonds is 9. The van der Waals surface area contributed by atoms with Gasteiger partial charge < -0.3 is 30.4 Å². The van der Waals surface area contributed by atoms with Crippen LogP contribution in [0.3, 0.4) is 0 Å². The van der Waals surface area contributed by atoms with Crippen molar-refractivity contribution in [1.29, 1.82) is 0 Å². The monoisotopic (exact) mass is 535 g/mol. The third-order valence-electron chi connectivity index (χ3n) is 6.38. The molecule has 0 saturated carbocycles. The molecule has 0 spiro atoms. The lowest BCUT2D eigenvalue weighted by molar-refractivity contribution is -0.139. The predicted molar refractivity (Wildman–Crippen MR) is 136 cm³/mol. The predicted octanol–water partition coefficient (Wildman–Crippen LogP) is 3.84. The highest BCUT2D eigenvalue weighted by Gasteiger charge is 2.33. The number of hydrogen-bond acceptors (Lipinski definition) is 4. The Balaban J connectivity index is 1.75. The molecule has 0 atom stereocenters. The summed E-state index contributed by atoms with van der Waals surface area (Å²) in [6.45, 7) is 2.65. The minimum Gasteiger partial charge on any atom is -0.465 e. The van der Waals surface area contributed by atoms with Crippen molar-refractivity contribution in [2.24, 2.45) is 0 Å². The van der Waals surface area contributed by atoms with Crippen LogP contribution < -0.4 is 10.6 Å². The molecule has 2 aromatic rings. The molecule has 1 aliphatic rings. The average Bonchev–Trinajstić information content (AvgIpc) is 2.88. The van der Waals surface area contributed by atoms with Crippen molar-refractivity contribution in [3.63, 3.8) is 0 Å². The van der Waals surface area contributed by atoms with Crippen molar-refractivity contribution in [2.75, 3.05) is 45.1 Å². The Morgan fingerprint density at radius 1 is 1.08 bits per heavy atom. The Hall–Kier alpha value is -3.96. The van der Waals surface area contributed by atoms with Crippen LogP contribution in [0.2, 0.25) is 0 Å². The molecule has 3 N–H and O–H groups in total. The van der Waals surface area contributed by atoms with E-state index >= 15 is 0 Å². The fourth-order valence-corrected chi connectivity index (χ4v) is 4.29. The first kappa shape index (κ1) is 28.6. The van der Waals surface area contributed by atoms with Gasteiger partial charge in [-0.2, -0.15) is 13.2 Å². The van der Waals surface area contributed by atoms with E-state index in [-0.39, 0.29) is 37.8 Å². The molecule has 1 aliphatic heterocycles. The van der Waals surface area contributed by atoms with Crippen molar-refractivity contribution >= 4 is 23.7 Å². The van der Waals surface area contributed by atoms with Gasteiger partial charge in [-0.15, -0.1) is 0 Å². The molecule has 206 valence electrons. The van der Waals surface area contributed by atoms with Gasteiger partial charge in [-0.25, -0.2) is 9.59 Å². The summed E-state index contributed by atoms with van der Waals surface area (Å²) in [5.74, 6) is -0.474. The molecule has 0 aromatic heterocycles. The molecular formula is C26H32F3N5O4. The zero-order chi connectivity index (χ0) is 27.9. The van der Waals surface area contributed by atoms with Gasteiger partial charge in [0, 0.05) is 52.0 Å². The number of benzene rings is 2. The summed E-state index contributed by atoms with van der Waals surface area (Å²) in [5, 5.41) is 15.0. The van der Waals surface area contributed by atoms with Crippen molar-refractivity contribution in [3.8, 4) is 0 Å². The van der Waals surface area contributed by atoms with Crippen LogP contribution in [0, 0.1) is 0 Å². The molecule has 38 heavy (non-hydrogen) atoms. The van der Waals surface area contributed by atoms with Crippen LogP contribution in [0.25, 0.3) is 0 Å². The van der Waals surface area contributed by atoms with E-state index in [1.54, 1.807) is 4.90 Å². The van der Waals surface area contributed by atoms with E-state index in [0.717, 1.165) is 22.1 Å². The van der Waals surface area contributed by atoms with Gasteiger partial charge in [0.2, 0.25) is 5.91 Å². The molecule has 9 nitrogen and oxygen atoms in total. The maximum atomic E-state index is 13.5. The Bertz CT molecular complexity index is 1160. The number of alkyl halides is 3. The zero-order valence-electron chi connectivity index (χ0n) is 21.3. The number of carboxylic acid groups (broad SMARTS) is 1. The topological polar surface area (TPSA) is 105 Å². The van der Waals surface area contributed by atoms with E-state index in [4.69, 9.17) is 5.11 Å². The number of nitrogens with one attached hydrogen (secondary N) is 2. The number of fused-ring (bicyclic) bond motifs is 1. The van der Waals surface area contributed by atoms with Gasteiger partial charge in [0.15, 0.2) is 0 Å². The van der Waals surface area contributed by atoms with E-state index in [1.807, 2.05) is 25.1 Å². The third kappa shape index (κ3) is 7.30.